The van der Waals surface area contributed by atoms with Crippen LogP contribution in [0.15, 0.2) is 73.3 Å². The van der Waals surface area contributed by atoms with E-state index >= 15 is 0 Å². The van der Waals surface area contributed by atoms with Crippen LogP contribution in [0.1, 0.15) is 22.0 Å². The van der Waals surface area contributed by atoms with Gasteiger partial charge < -0.3 is 24.8 Å². The molecule has 41 heavy (non-hydrogen) atoms. The second-order valence-corrected chi connectivity index (χ2v) is 9.24. The van der Waals surface area contributed by atoms with Crippen LogP contribution in [0.3, 0.4) is 0 Å². The fraction of sp³-hybridized carbons (Fsp3) is 0.214. The molecule has 1 amide bonds. The smallest absolute Gasteiger partial charge is 0.387 e. The van der Waals surface area contributed by atoms with Crippen LogP contribution in [0.4, 0.5) is 14.5 Å². The summed E-state index contributed by atoms with van der Waals surface area (Å²) in [6, 6.07) is 13.6. The molecule has 5 aromatic rings. The number of fused-ring (bicyclic) bond motifs is 1. The van der Waals surface area contributed by atoms with Crippen molar-refractivity contribution in [2.75, 3.05) is 25.0 Å². The fourth-order valence-corrected chi connectivity index (χ4v) is 4.61. The van der Waals surface area contributed by atoms with Crippen molar-refractivity contribution >= 4 is 17.2 Å². The zero-order valence-corrected chi connectivity index (χ0v) is 21.8. The molecule has 13 heteroatoms. The number of amides is 1. The number of anilines is 1. The lowest BCUT2D eigenvalue weighted by atomic mass is 10.1. The van der Waals surface area contributed by atoms with Crippen molar-refractivity contribution in [3.63, 3.8) is 0 Å². The molecule has 11 nitrogen and oxygen atoms in total. The normalized spacial score (nSPS) is 15.3. The molecule has 0 radical (unpaired) electrons. The maximum atomic E-state index is 13.4. The van der Waals surface area contributed by atoms with Gasteiger partial charge in [-0.25, -0.2) is 9.50 Å². The Labute approximate surface area is 232 Å². The molecule has 2 aromatic carbocycles. The Morgan fingerprint density at radius 2 is 2.07 bits per heavy atom. The molecule has 210 valence electrons. The highest BCUT2D eigenvalue weighted by molar-refractivity contribution is 6.09. The van der Waals surface area contributed by atoms with Gasteiger partial charge in [0.1, 0.15) is 28.5 Å². The summed E-state index contributed by atoms with van der Waals surface area (Å²) >= 11 is 0. The molecule has 1 aliphatic rings. The van der Waals surface area contributed by atoms with Gasteiger partial charge in [0.15, 0.2) is 5.65 Å². The van der Waals surface area contributed by atoms with Gasteiger partial charge in [-0.3, -0.25) is 9.48 Å². The number of morpholine rings is 1. The highest BCUT2D eigenvalue weighted by atomic mass is 19.3. The first-order valence-corrected chi connectivity index (χ1v) is 12.8. The molecule has 0 unspecified atom stereocenters. The molecule has 1 aliphatic heterocycles. The van der Waals surface area contributed by atoms with Crippen LogP contribution in [0.5, 0.6) is 17.2 Å². The maximum absolute atomic E-state index is 13.4. The van der Waals surface area contributed by atoms with E-state index in [1.807, 2.05) is 18.2 Å². The number of carbonyl (C=O) groups is 1. The van der Waals surface area contributed by atoms with Gasteiger partial charge in [0.2, 0.25) is 0 Å². The van der Waals surface area contributed by atoms with E-state index in [4.69, 9.17) is 14.2 Å². The molecule has 1 atom stereocenters. The SMILES string of the molecule is Cn1cc(NC(=O)c2cnn3cccnc23)c(-c2cc(Oc3cccc([C@@H]4CNCCO4)c3)ccc2OC(F)F)n1. The number of ether oxygens (including phenoxy) is 3. The van der Waals surface area contributed by atoms with Crippen molar-refractivity contribution < 1.29 is 27.8 Å². The average molecular weight is 562 g/mol. The van der Waals surface area contributed by atoms with Crippen molar-refractivity contribution in [1.82, 2.24) is 29.7 Å². The molecular weight excluding hydrogens is 536 g/mol. The predicted molar refractivity (Wildman–Crippen MR) is 144 cm³/mol. The summed E-state index contributed by atoms with van der Waals surface area (Å²) in [4.78, 5) is 17.4. The molecule has 1 fully saturated rings. The van der Waals surface area contributed by atoms with E-state index in [2.05, 4.69) is 25.8 Å². The monoisotopic (exact) mass is 561 g/mol. The number of aryl methyl sites for hydroxylation is 1. The fourth-order valence-electron chi connectivity index (χ4n) is 4.61. The number of benzene rings is 2. The van der Waals surface area contributed by atoms with Gasteiger partial charge in [0.25, 0.3) is 5.91 Å². The van der Waals surface area contributed by atoms with E-state index in [0.717, 1.165) is 12.1 Å². The third-order valence-electron chi connectivity index (χ3n) is 6.42. The van der Waals surface area contributed by atoms with E-state index in [9.17, 15) is 13.6 Å². The second-order valence-electron chi connectivity index (χ2n) is 9.24. The molecule has 1 saturated heterocycles. The number of hydrogen-bond acceptors (Lipinski definition) is 8. The first-order valence-electron chi connectivity index (χ1n) is 12.8. The standard InChI is InChI=1S/C28H25F2N7O4/c1-36-16-22(34-27(38)21-14-33-37-10-3-8-32-26(21)37)25(35-36)20-13-19(6-7-23(20)41-28(29)30)40-18-5-2-4-17(12-18)24-15-31-9-11-39-24/h2-8,10,12-14,16,24,28,31H,9,11,15H2,1H3,(H,34,38)/t24-/m0/s1. The summed E-state index contributed by atoms with van der Waals surface area (Å²) in [6.45, 7) is -0.976. The molecule has 0 aliphatic carbocycles. The number of hydrogen-bond donors (Lipinski definition) is 2. The van der Waals surface area contributed by atoms with Gasteiger partial charge >= 0.3 is 6.61 Å². The number of carbonyl (C=O) groups excluding carboxylic acids is 1. The van der Waals surface area contributed by atoms with Crippen LogP contribution < -0.4 is 20.1 Å². The molecule has 0 saturated carbocycles. The Morgan fingerprint density at radius 3 is 2.90 bits per heavy atom. The maximum Gasteiger partial charge on any atom is 0.387 e. The summed E-state index contributed by atoms with van der Waals surface area (Å²) in [7, 11) is 1.65. The van der Waals surface area contributed by atoms with E-state index < -0.39 is 12.5 Å². The van der Waals surface area contributed by atoms with Gasteiger partial charge in [-0.15, -0.1) is 0 Å². The van der Waals surface area contributed by atoms with Gasteiger partial charge in [-0.1, -0.05) is 12.1 Å². The molecule has 4 heterocycles. The summed E-state index contributed by atoms with van der Waals surface area (Å²) < 4.78 is 46.4. The predicted octanol–water partition coefficient (Wildman–Crippen LogP) is 4.44. The first-order chi connectivity index (χ1) is 19.9. The Kier molecular flexibility index (Phi) is 7.27. The molecule has 0 spiro atoms. The van der Waals surface area contributed by atoms with Gasteiger partial charge in [-0.2, -0.15) is 19.0 Å². The van der Waals surface area contributed by atoms with Gasteiger partial charge in [0, 0.05) is 38.7 Å². The van der Waals surface area contributed by atoms with Gasteiger partial charge in [-0.05, 0) is 42.0 Å². The van der Waals surface area contributed by atoms with Crippen molar-refractivity contribution in [2.45, 2.75) is 12.7 Å². The van der Waals surface area contributed by atoms with Crippen LogP contribution in [-0.4, -0.2) is 56.6 Å². The average Bonchev–Trinajstić information content (AvgIpc) is 3.57. The van der Waals surface area contributed by atoms with Crippen molar-refractivity contribution in [3.8, 4) is 28.5 Å². The molecule has 6 rings (SSSR count). The Bertz CT molecular complexity index is 1700. The summed E-state index contributed by atoms with van der Waals surface area (Å²) in [6.07, 6.45) is 6.08. The lowest BCUT2D eigenvalue weighted by molar-refractivity contribution is -0.0494. The van der Waals surface area contributed by atoms with Crippen molar-refractivity contribution in [1.29, 1.82) is 0 Å². The van der Waals surface area contributed by atoms with Crippen molar-refractivity contribution in [2.24, 2.45) is 7.05 Å². The van der Waals surface area contributed by atoms with Crippen molar-refractivity contribution in [3.05, 3.63) is 84.4 Å². The zero-order chi connectivity index (χ0) is 28.3. The number of nitrogens with zero attached hydrogens (tertiary/aromatic N) is 5. The summed E-state index contributed by atoms with van der Waals surface area (Å²) in [5, 5.41) is 14.7. The second kappa shape index (κ2) is 11.3. The zero-order valence-electron chi connectivity index (χ0n) is 21.8. The van der Waals surface area contributed by atoms with Crippen LogP contribution in [0.25, 0.3) is 16.9 Å². The minimum atomic E-state index is -3.08. The van der Waals surface area contributed by atoms with Crippen LogP contribution >= 0.6 is 0 Å². The number of nitrogens with one attached hydrogen (secondary N) is 2. The third kappa shape index (κ3) is 5.71. The number of rotatable bonds is 8. The quantitative estimate of drug-likeness (QED) is 0.286. The minimum absolute atomic E-state index is 0.104. The number of alkyl halides is 2. The lowest BCUT2D eigenvalue weighted by Gasteiger charge is -2.24. The summed E-state index contributed by atoms with van der Waals surface area (Å²) in [5.74, 6) is 0.277. The Hall–Kier alpha value is -4.88. The largest absolute Gasteiger partial charge is 0.457 e. The molecule has 3 aromatic heterocycles. The van der Waals surface area contributed by atoms with Crippen LogP contribution in [-0.2, 0) is 11.8 Å². The lowest BCUT2D eigenvalue weighted by Crippen LogP contribution is -2.33. The third-order valence-corrected chi connectivity index (χ3v) is 6.42. The molecule has 0 bridgehead atoms. The summed E-state index contributed by atoms with van der Waals surface area (Å²) in [5.41, 5.74) is 2.23. The number of aromatic nitrogens is 5. The highest BCUT2D eigenvalue weighted by Gasteiger charge is 2.22. The Balaban J connectivity index is 1.32. The highest BCUT2D eigenvalue weighted by Crippen LogP contribution is 2.39. The van der Waals surface area contributed by atoms with E-state index in [-0.39, 0.29) is 34.4 Å². The van der Waals surface area contributed by atoms with E-state index in [1.165, 1.54) is 33.6 Å². The number of halogens is 2. The van der Waals surface area contributed by atoms with E-state index in [1.54, 1.807) is 37.8 Å². The topological polar surface area (TPSA) is 117 Å². The minimum Gasteiger partial charge on any atom is -0.457 e. The van der Waals surface area contributed by atoms with Crippen LogP contribution in [0.2, 0.25) is 0 Å². The van der Waals surface area contributed by atoms with Crippen LogP contribution in [0, 0.1) is 0 Å². The van der Waals surface area contributed by atoms with E-state index in [0.29, 0.717) is 30.3 Å². The molecular formula is C28H25F2N7O4. The Morgan fingerprint density at radius 1 is 1.20 bits per heavy atom. The van der Waals surface area contributed by atoms with Gasteiger partial charge in [0.05, 0.1) is 30.2 Å². The molecule has 2 N–H and O–H groups in total. The first kappa shape index (κ1) is 26.3.